The Balaban J connectivity index is 2.27. The van der Waals surface area contributed by atoms with Crippen LogP contribution in [0.3, 0.4) is 0 Å². The van der Waals surface area contributed by atoms with Gasteiger partial charge in [-0.2, -0.15) is 0 Å². The van der Waals surface area contributed by atoms with E-state index in [1.165, 1.54) is 44.2 Å². The molecule has 0 N–H and O–H groups in total. The van der Waals surface area contributed by atoms with Crippen LogP contribution in [0, 0.1) is 6.92 Å². The predicted octanol–water partition coefficient (Wildman–Crippen LogP) is 7.22. The van der Waals surface area contributed by atoms with Crippen LogP contribution in [0.2, 0.25) is 0 Å². The van der Waals surface area contributed by atoms with Gasteiger partial charge in [-0.3, -0.25) is 0 Å². The molecule has 0 atom stereocenters. The maximum atomic E-state index is 2.30. The third kappa shape index (κ3) is 2.89. The van der Waals surface area contributed by atoms with E-state index >= 15 is 0 Å². The van der Waals surface area contributed by atoms with E-state index in [-0.39, 0.29) is 0 Å². The van der Waals surface area contributed by atoms with Gasteiger partial charge in [0.15, 0.2) is 0 Å². The Hall–Kier alpha value is -2.34. The minimum atomic E-state index is 0.491. The number of aryl methyl sites for hydroxylation is 1. The summed E-state index contributed by atoms with van der Waals surface area (Å²) in [4.78, 5) is 0. The van der Waals surface area contributed by atoms with Gasteiger partial charge in [-0.1, -0.05) is 74.5 Å². The van der Waals surface area contributed by atoms with Gasteiger partial charge in [-0.05, 0) is 70.9 Å². The van der Waals surface area contributed by atoms with Crippen molar-refractivity contribution in [3.05, 3.63) is 82.9 Å². The molecule has 0 radical (unpaired) electrons. The number of allylic oxidation sites excluding steroid dienone is 2. The Kier molecular flexibility index (Phi) is 4.57. The van der Waals surface area contributed by atoms with Crippen molar-refractivity contribution in [2.24, 2.45) is 0 Å². The summed E-state index contributed by atoms with van der Waals surface area (Å²) in [6, 6.07) is 21.9. The van der Waals surface area contributed by atoms with Crippen molar-refractivity contribution in [1.29, 1.82) is 0 Å². The van der Waals surface area contributed by atoms with Crippen LogP contribution in [-0.2, 0) is 0 Å². The molecule has 0 aliphatic heterocycles. The highest BCUT2D eigenvalue weighted by molar-refractivity contribution is 5.96. The molecule has 0 amide bonds. The maximum Gasteiger partial charge on any atom is -0.0143 e. The van der Waals surface area contributed by atoms with Gasteiger partial charge in [0.25, 0.3) is 0 Å². The van der Waals surface area contributed by atoms with Crippen LogP contribution < -0.4 is 0 Å². The average molecular weight is 314 g/mol. The minimum absolute atomic E-state index is 0.491. The van der Waals surface area contributed by atoms with Gasteiger partial charge in [0.1, 0.15) is 0 Å². The van der Waals surface area contributed by atoms with Gasteiger partial charge in [-0.25, -0.2) is 0 Å². The smallest absolute Gasteiger partial charge is 0.0143 e. The van der Waals surface area contributed by atoms with Crippen molar-refractivity contribution >= 4 is 21.9 Å². The highest BCUT2D eigenvalue weighted by atomic mass is 14.2. The highest BCUT2D eigenvalue weighted by Crippen LogP contribution is 2.36. The summed E-state index contributed by atoms with van der Waals surface area (Å²) < 4.78 is 0. The second-order valence-corrected chi connectivity index (χ2v) is 6.97. The zero-order valence-electron chi connectivity index (χ0n) is 15.4. The number of fused-ring (bicyclic) bond motifs is 1. The normalized spacial score (nSPS) is 12.6. The standard InChI is InChI=1S/C24H26/c1-16(2)24-22(15-14-20-11-7-9-13-23(20)24)19(5)18(4)21-12-8-6-10-17(21)3/h6-16H,1-5H3/b19-18+. The van der Waals surface area contributed by atoms with Crippen LogP contribution in [0.4, 0.5) is 0 Å². The molecule has 0 heteroatoms. The fraction of sp³-hybridized carbons (Fsp3) is 0.250. The summed E-state index contributed by atoms with van der Waals surface area (Å²) in [6.45, 7) is 11.3. The van der Waals surface area contributed by atoms with Crippen molar-refractivity contribution in [1.82, 2.24) is 0 Å². The van der Waals surface area contributed by atoms with Crippen LogP contribution in [0.1, 0.15) is 55.9 Å². The van der Waals surface area contributed by atoms with Crippen LogP contribution in [0.15, 0.2) is 60.7 Å². The van der Waals surface area contributed by atoms with E-state index in [4.69, 9.17) is 0 Å². The fourth-order valence-corrected chi connectivity index (χ4v) is 3.64. The van der Waals surface area contributed by atoms with E-state index in [0.29, 0.717) is 5.92 Å². The molecule has 122 valence electrons. The van der Waals surface area contributed by atoms with E-state index < -0.39 is 0 Å². The van der Waals surface area contributed by atoms with Gasteiger partial charge in [0, 0.05) is 0 Å². The van der Waals surface area contributed by atoms with E-state index in [0.717, 1.165) is 0 Å². The molecule has 0 nitrogen and oxygen atoms in total. The van der Waals surface area contributed by atoms with Gasteiger partial charge in [-0.15, -0.1) is 0 Å². The molecule has 0 saturated heterocycles. The van der Waals surface area contributed by atoms with Crippen molar-refractivity contribution in [3.8, 4) is 0 Å². The number of rotatable bonds is 3. The molecule has 0 saturated carbocycles. The molecule has 3 aromatic rings. The third-order valence-electron chi connectivity index (χ3n) is 5.06. The first-order valence-corrected chi connectivity index (χ1v) is 8.76. The Morgan fingerprint density at radius 2 is 1.33 bits per heavy atom. The topological polar surface area (TPSA) is 0 Å². The van der Waals surface area contributed by atoms with E-state index in [2.05, 4.69) is 95.3 Å². The lowest BCUT2D eigenvalue weighted by Crippen LogP contribution is -1.98. The lowest BCUT2D eigenvalue weighted by atomic mass is 9.85. The molecule has 3 aromatic carbocycles. The SMILES string of the molecule is C/C(=C(/C)c1ccc2ccccc2c1C(C)C)c1ccccc1C. The zero-order chi connectivity index (χ0) is 17.3. The quantitative estimate of drug-likeness (QED) is 0.447. The van der Waals surface area contributed by atoms with Gasteiger partial charge < -0.3 is 0 Å². The zero-order valence-corrected chi connectivity index (χ0v) is 15.4. The predicted molar refractivity (Wildman–Crippen MR) is 107 cm³/mol. The number of benzene rings is 3. The molecule has 0 unspecified atom stereocenters. The summed E-state index contributed by atoms with van der Waals surface area (Å²) in [7, 11) is 0. The van der Waals surface area contributed by atoms with Gasteiger partial charge in [0.05, 0.1) is 0 Å². The lowest BCUT2D eigenvalue weighted by Gasteiger charge is -2.19. The lowest BCUT2D eigenvalue weighted by molar-refractivity contribution is 0.872. The molecular weight excluding hydrogens is 288 g/mol. The first-order chi connectivity index (χ1) is 11.5. The first kappa shape index (κ1) is 16.5. The average Bonchev–Trinajstić information content (AvgIpc) is 2.59. The van der Waals surface area contributed by atoms with E-state index in [1.807, 2.05) is 0 Å². The summed E-state index contributed by atoms with van der Waals surface area (Å²) in [5.41, 5.74) is 8.26. The van der Waals surface area contributed by atoms with Gasteiger partial charge >= 0.3 is 0 Å². The molecule has 0 spiro atoms. The third-order valence-corrected chi connectivity index (χ3v) is 5.06. The monoisotopic (exact) mass is 314 g/mol. The number of hydrogen-bond donors (Lipinski definition) is 0. The molecule has 3 rings (SSSR count). The molecule has 0 fully saturated rings. The molecule has 0 heterocycles. The van der Waals surface area contributed by atoms with Crippen molar-refractivity contribution in [2.75, 3.05) is 0 Å². The van der Waals surface area contributed by atoms with Gasteiger partial charge in [0.2, 0.25) is 0 Å². The summed E-state index contributed by atoms with van der Waals surface area (Å²) >= 11 is 0. The summed E-state index contributed by atoms with van der Waals surface area (Å²) in [5, 5.41) is 2.70. The van der Waals surface area contributed by atoms with Crippen LogP contribution in [0.25, 0.3) is 21.9 Å². The van der Waals surface area contributed by atoms with Crippen LogP contribution in [-0.4, -0.2) is 0 Å². The molecule has 0 aliphatic carbocycles. The molecule has 0 aromatic heterocycles. The molecule has 0 bridgehead atoms. The Morgan fingerprint density at radius 1 is 0.708 bits per heavy atom. The van der Waals surface area contributed by atoms with Crippen molar-refractivity contribution in [3.63, 3.8) is 0 Å². The summed E-state index contributed by atoms with van der Waals surface area (Å²) in [6.07, 6.45) is 0. The van der Waals surface area contributed by atoms with Crippen molar-refractivity contribution < 1.29 is 0 Å². The molecular formula is C24H26. The fourth-order valence-electron chi connectivity index (χ4n) is 3.64. The Morgan fingerprint density at radius 3 is 2.04 bits per heavy atom. The minimum Gasteiger partial charge on any atom is -0.0620 e. The van der Waals surface area contributed by atoms with E-state index in [1.54, 1.807) is 0 Å². The van der Waals surface area contributed by atoms with E-state index in [9.17, 15) is 0 Å². The number of hydrogen-bond acceptors (Lipinski definition) is 0. The maximum absolute atomic E-state index is 2.30. The molecule has 24 heavy (non-hydrogen) atoms. The highest BCUT2D eigenvalue weighted by Gasteiger charge is 2.14. The second-order valence-electron chi connectivity index (χ2n) is 6.97. The first-order valence-electron chi connectivity index (χ1n) is 8.76. The second kappa shape index (κ2) is 6.65. The van der Waals surface area contributed by atoms with Crippen LogP contribution in [0.5, 0.6) is 0 Å². The van der Waals surface area contributed by atoms with Crippen molar-refractivity contribution in [2.45, 2.75) is 40.5 Å². The van der Waals surface area contributed by atoms with Crippen LogP contribution >= 0.6 is 0 Å². The Labute approximate surface area is 145 Å². The largest absolute Gasteiger partial charge is 0.0620 e. The Bertz CT molecular complexity index is 910. The summed E-state index contributed by atoms with van der Waals surface area (Å²) in [5.74, 6) is 0.491. The molecule has 0 aliphatic rings.